The third-order valence-corrected chi connectivity index (χ3v) is 4.62. The van der Waals surface area contributed by atoms with Gasteiger partial charge in [-0.3, -0.25) is 4.90 Å². The van der Waals surface area contributed by atoms with Crippen molar-refractivity contribution in [2.75, 3.05) is 19.6 Å². The zero-order valence-corrected chi connectivity index (χ0v) is 14.2. The maximum Gasteiger partial charge on any atom is 0.0475 e. The van der Waals surface area contributed by atoms with Crippen molar-refractivity contribution in [3.8, 4) is 0 Å². The Hall–Kier alpha value is -0.860. The first kappa shape index (κ1) is 16.5. The van der Waals surface area contributed by atoms with Gasteiger partial charge in [-0.05, 0) is 57.7 Å². The van der Waals surface area contributed by atoms with Gasteiger partial charge < -0.3 is 5.32 Å². The molecule has 118 valence electrons. The number of nitrogens with one attached hydrogen (secondary N) is 1. The lowest BCUT2D eigenvalue weighted by molar-refractivity contribution is 0.163. The topological polar surface area (TPSA) is 15.3 Å². The minimum atomic E-state index is 0.431. The molecule has 2 nitrogen and oxygen atoms in total. The van der Waals surface area contributed by atoms with Crippen LogP contribution >= 0.6 is 0 Å². The number of nitrogens with zero attached hydrogens (tertiary/aromatic N) is 1. The van der Waals surface area contributed by atoms with Gasteiger partial charge in [0.1, 0.15) is 0 Å². The summed E-state index contributed by atoms with van der Waals surface area (Å²) in [5, 5.41) is 3.71. The summed E-state index contributed by atoms with van der Waals surface area (Å²) >= 11 is 0. The van der Waals surface area contributed by atoms with Crippen LogP contribution in [0.4, 0.5) is 0 Å². The van der Waals surface area contributed by atoms with Crippen molar-refractivity contribution < 1.29 is 0 Å². The summed E-state index contributed by atoms with van der Waals surface area (Å²) in [4.78, 5) is 2.70. The molecule has 1 aromatic rings. The molecule has 2 unspecified atom stereocenters. The molecule has 0 amide bonds. The molecule has 2 heteroatoms. The molecule has 1 N–H and O–H groups in total. The van der Waals surface area contributed by atoms with Gasteiger partial charge in [0.05, 0.1) is 0 Å². The van der Waals surface area contributed by atoms with Crippen LogP contribution in [0.1, 0.15) is 57.2 Å². The summed E-state index contributed by atoms with van der Waals surface area (Å²) in [6.07, 6.45) is 4.11. The zero-order chi connectivity index (χ0) is 15.2. The zero-order valence-electron chi connectivity index (χ0n) is 14.2. The summed E-state index contributed by atoms with van der Waals surface area (Å²) in [5.74, 6) is 0.958. The molecule has 0 radical (unpaired) electrons. The van der Waals surface area contributed by atoms with Gasteiger partial charge >= 0.3 is 0 Å². The first-order valence-corrected chi connectivity index (χ1v) is 8.69. The number of benzene rings is 1. The number of rotatable bonds is 9. The van der Waals surface area contributed by atoms with E-state index in [-0.39, 0.29) is 0 Å². The standard InChI is InChI=1S/C19H32N2/c1-5-13-21(14-17-9-10-17)16(4)19(20-6-2)18-11-7-15(3)8-12-18/h7-8,11-12,16-17,19-20H,5-6,9-10,13-14H2,1-4H3. The highest BCUT2D eigenvalue weighted by Gasteiger charge is 2.29. The van der Waals surface area contributed by atoms with Crippen LogP contribution in [-0.2, 0) is 0 Å². The van der Waals surface area contributed by atoms with Gasteiger partial charge in [-0.2, -0.15) is 0 Å². The second-order valence-electron chi connectivity index (χ2n) is 6.62. The van der Waals surface area contributed by atoms with E-state index in [1.54, 1.807) is 0 Å². The molecule has 1 aromatic carbocycles. The van der Waals surface area contributed by atoms with Gasteiger partial charge in [-0.15, -0.1) is 0 Å². The SMILES string of the molecule is CCCN(CC1CC1)C(C)C(NCC)c1ccc(C)cc1. The Bertz CT molecular complexity index is 408. The van der Waals surface area contributed by atoms with Crippen LogP contribution in [0.2, 0.25) is 0 Å². The highest BCUT2D eigenvalue weighted by molar-refractivity contribution is 5.25. The molecule has 1 aliphatic carbocycles. The third-order valence-electron chi connectivity index (χ3n) is 4.62. The summed E-state index contributed by atoms with van der Waals surface area (Å²) in [6, 6.07) is 10.0. The van der Waals surface area contributed by atoms with Gasteiger partial charge in [0.25, 0.3) is 0 Å². The van der Waals surface area contributed by atoms with Crippen molar-refractivity contribution in [3.05, 3.63) is 35.4 Å². The van der Waals surface area contributed by atoms with E-state index in [0.717, 1.165) is 12.5 Å². The number of hydrogen-bond acceptors (Lipinski definition) is 2. The molecule has 1 fully saturated rings. The van der Waals surface area contributed by atoms with Gasteiger partial charge in [0.15, 0.2) is 0 Å². The van der Waals surface area contributed by atoms with Crippen LogP contribution in [0, 0.1) is 12.8 Å². The number of aryl methyl sites for hydroxylation is 1. The van der Waals surface area contributed by atoms with Crippen LogP contribution in [0.15, 0.2) is 24.3 Å². The molecular formula is C19H32N2. The van der Waals surface area contributed by atoms with E-state index in [1.807, 2.05) is 0 Å². The molecule has 21 heavy (non-hydrogen) atoms. The molecule has 1 saturated carbocycles. The lowest BCUT2D eigenvalue weighted by atomic mass is 9.97. The average molecular weight is 288 g/mol. The predicted octanol–water partition coefficient (Wildman–Crippen LogP) is 4.16. The van der Waals surface area contributed by atoms with E-state index in [0.29, 0.717) is 12.1 Å². The first-order valence-electron chi connectivity index (χ1n) is 8.69. The Balaban J connectivity index is 2.11. The van der Waals surface area contributed by atoms with E-state index in [2.05, 4.69) is 62.2 Å². The van der Waals surface area contributed by atoms with Crippen LogP contribution in [0.5, 0.6) is 0 Å². The monoisotopic (exact) mass is 288 g/mol. The fourth-order valence-electron chi connectivity index (χ4n) is 3.15. The molecule has 0 spiro atoms. The molecule has 0 bridgehead atoms. The molecule has 0 aliphatic heterocycles. The van der Waals surface area contributed by atoms with E-state index >= 15 is 0 Å². The lowest BCUT2D eigenvalue weighted by Crippen LogP contribution is -2.44. The quantitative estimate of drug-likeness (QED) is 0.734. The van der Waals surface area contributed by atoms with Crippen LogP contribution in [0.3, 0.4) is 0 Å². The summed E-state index contributed by atoms with van der Waals surface area (Å²) in [5.41, 5.74) is 2.76. The van der Waals surface area contributed by atoms with Crippen molar-refractivity contribution in [1.82, 2.24) is 10.2 Å². The maximum absolute atomic E-state index is 3.71. The summed E-state index contributed by atoms with van der Waals surface area (Å²) in [6.45, 7) is 12.6. The third kappa shape index (κ3) is 4.82. The van der Waals surface area contributed by atoms with Gasteiger partial charge in [-0.25, -0.2) is 0 Å². The van der Waals surface area contributed by atoms with Crippen molar-refractivity contribution >= 4 is 0 Å². The smallest absolute Gasteiger partial charge is 0.0475 e. The Morgan fingerprint density at radius 2 is 1.86 bits per heavy atom. The average Bonchev–Trinajstić information content (AvgIpc) is 3.29. The molecule has 0 aromatic heterocycles. The number of hydrogen-bond donors (Lipinski definition) is 1. The second kappa shape index (κ2) is 7.95. The van der Waals surface area contributed by atoms with E-state index in [4.69, 9.17) is 0 Å². The maximum atomic E-state index is 3.71. The second-order valence-corrected chi connectivity index (χ2v) is 6.62. The van der Waals surface area contributed by atoms with Crippen LogP contribution in [0.25, 0.3) is 0 Å². The molecule has 1 aliphatic rings. The van der Waals surface area contributed by atoms with Crippen molar-refractivity contribution in [3.63, 3.8) is 0 Å². The van der Waals surface area contributed by atoms with Crippen molar-refractivity contribution in [2.24, 2.45) is 5.92 Å². The fraction of sp³-hybridized carbons (Fsp3) is 0.684. The molecule has 2 rings (SSSR count). The summed E-state index contributed by atoms with van der Waals surface area (Å²) < 4.78 is 0. The Morgan fingerprint density at radius 1 is 1.19 bits per heavy atom. The normalized spacial score (nSPS) is 18.0. The largest absolute Gasteiger partial charge is 0.309 e. The van der Waals surface area contributed by atoms with Gasteiger partial charge in [0.2, 0.25) is 0 Å². The Labute approximate surface area is 130 Å². The highest BCUT2D eigenvalue weighted by Crippen LogP contribution is 2.32. The summed E-state index contributed by atoms with van der Waals surface area (Å²) in [7, 11) is 0. The highest BCUT2D eigenvalue weighted by atomic mass is 15.2. The minimum Gasteiger partial charge on any atom is -0.309 e. The Morgan fingerprint density at radius 3 is 2.38 bits per heavy atom. The van der Waals surface area contributed by atoms with Gasteiger partial charge in [-0.1, -0.05) is 43.7 Å². The Kier molecular flexibility index (Phi) is 6.25. The van der Waals surface area contributed by atoms with Crippen LogP contribution < -0.4 is 5.32 Å². The number of likely N-dealkylation sites (N-methyl/N-ethyl adjacent to an activating group) is 1. The minimum absolute atomic E-state index is 0.431. The fourth-order valence-corrected chi connectivity index (χ4v) is 3.15. The predicted molar refractivity (Wildman–Crippen MR) is 91.6 cm³/mol. The van der Waals surface area contributed by atoms with E-state index in [1.165, 1.54) is 43.5 Å². The molecule has 0 saturated heterocycles. The first-order chi connectivity index (χ1) is 10.2. The van der Waals surface area contributed by atoms with Crippen LogP contribution in [-0.4, -0.2) is 30.6 Å². The molecular weight excluding hydrogens is 256 g/mol. The van der Waals surface area contributed by atoms with E-state index < -0.39 is 0 Å². The van der Waals surface area contributed by atoms with Crippen molar-refractivity contribution in [1.29, 1.82) is 0 Å². The van der Waals surface area contributed by atoms with Gasteiger partial charge in [0, 0.05) is 18.6 Å². The molecule has 0 heterocycles. The lowest BCUT2D eigenvalue weighted by Gasteiger charge is -2.35. The molecule has 2 atom stereocenters. The van der Waals surface area contributed by atoms with E-state index in [9.17, 15) is 0 Å². The van der Waals surface area contributed by atoms with Crippen molar-refractivity contribution in [2.45, 2.75) is 59.0 Å².